The predicted molar refractivity (Wildman–Crippen MR) is 16.1 cm³/mol. The summed E-state index contributed by atoms with van der Waals surface area (Å²) in [5.41, 5.74) is 0. The normalized spacial score (nSPS) is 8.40. The van der Waals surface area contributed by atoms with Gasteiger partial charge in [-0.1, -0.05) is 0 Å². The minimum Gasteiger partial charge on any atom is -0.251 e. The SMILES string of the molecule is [O]CCCF. The molecule has 31 valence electrons. The Bertz CT molecular complexity index is 14.4. The van der Waals surface area contributed by atoms with Gasteiger partial charge in [-0.2, -0.15) is 0 Å². The lowest BCUT2D eigenvalue weighted by molar-refractivity contribution is 0.179. The molecule has 1 radical (unpaired) electrons. The predicted octanol–water partition coefficient (Wildman–Crippen LogP) is 0.777. The van der Waals surface area contributed by atoms with Crippen LogP contribution in [0.4, 0.5) is 4.39 Å². The van der Waals surface area contributed by atoms with Crippen LogP contribution in [0.5, 0.6) is 0 Å². The molecule has 0 amide bonds. The number of halogens is 1. The molecule has 0 saturated heterocycles. The molecule has 0 aliphatic carbocycles. The molecule has 0 aromatic rings. The lowest BCUT2D eigenvalue weighted by Crippen LogP contribution is -1.78. The van der Waals surface area contributed by atoms with Crippen molar-refractivity contribution in [1.82, 2.24) is 0 Å². The second-order valence-corrected chi connectivity index (χ2v) is 0.747. The van der Waals surface area contributed by atoms with E-state index in [-0.39, 0.29) is 13.0 Å². The highest BCUT2D eigenvalue weighted by atomic mass is 19.1. The van der Waals surface area contributed by atoms with E-state index >= 15 is 0 Å². The molecule has 0 aromatic heterocycles. The Labute approximate surface area is 30.4 Å². The van der Waals surface area contributed by atoms with E-state index in [9.17, 15) is 9.50 Å². The van der Waals surface area contributed by atoms with Crippen molar-refractivity contribution in [2.75, 3.05) is 13.3 Å². The van der Waals surface area contributed by atoms with E-state index in [1.165, 1.54) is 0 Å². The molecule has 1 nitrogen and oxygen atoms in total. The fraction of sp³-hybridized carbons (Fsp3) is 1.00. The van der Waals surface area contributed by atoms with Crippen molar-refractivity contribution in [1.29, 1.82) is 0 Å². The first-order chi connectivity index (χ1) is 2.41. The molecule has 5 heavy (non-hydrogen) atoms. The van der Waals surface area contributed by atoms with Crippen LogP contribution in [0.2, 0.25) is 0 Å². The van der Waals surface area contributed by atoms with Gasteiger partial charge in [-0.25, -0.2) is 5.11 Å². The molecule has 2 heteroatoms. The Morgan fingerprint density at radius 1 is 1.60 bits per heavy atom. The van der Waals surface area contributed by atoms with Gasteiger partial charge in [0.25, 0.3) is 0 Å². The minimum absolute atomic E-state index is 0.167. The topological polar surface area (TPSA) is 19.9 Å². The molecule has 0 unspecified atom stereocenters. The minimum atomic E-state index is -0.469. The Morgan fingerprint density at radius 3 is 2.20 bits per heavy atom. The quantitative estimate of drug-likeness (QED) is 0.464. The Kier molecular flexibility index (Phi) is 3.80. The maximum Gasteiger partial charge on any atom is 0.0917 e. The van der Waals surface area contributed by atoms with Gasteiger partial charge >= 0.3 is 0 Å². The molecule has 0 N–H and O–H groups in total. The summed E-state index contributed by atoms with van der Waals surface area (Å²) in [6.07, 6.45) is 0.167. The Morgan fingerprint density at radius 2 is 2.20 bits per heavy atom. The first-order valence-corrected chi connectivity index (χ1v) is 1.56. The fourth-order valence-electron chi connectivity index (χ4n) is 0.0546. The molecule has 0 fully saturated rings. The van der Waals surface area contributed by atoms with Crippen LogP contribution in [0, 0.1) is 0 Å². The van der Waals surface area contributed by atoms with Crippen molar-refractivity contribution >= 4 is 0 Å². The summed E-state index contributed by atoms with van der Waals surface area (Å²) in [6.45, 7) is -0.750. The summed E-state index contributed by atoms with van der Waals surface area (Å²) in [6, 6.07) is 0. The largest absolute Gasteiger partial charge is 0.251 e. The van der Waals surface area contributed by atoms with E-state index in [0.29, 0.717) is 0 Å². The second kappa shape index (κ2) is 3.89. The van der Waals surface area contributed by atoms with Crippen molar-refractivity contribution in [3.05, 3.63) is 0 Å². The number of hydrogen-bond acceptors (Lipinski definition) is 0. The summed E-state index contributed by atoms with van der Waals surface area (Å²) in [4.78, 5) is 0. The lowest BCUT2D eigenvalue weighted by atomic mass is 10.5. The molecular weight excluding hydrogens is 71.0 g/mol. The van der Waals surface area contributed by atoms with Gasteiger partial charge in [-0.15, -0.1) is 0 Å². The molecule has 0 heterocycles. The van der Waals surface area contributed by atoms with Gasteiger partial charge in [0.2, 0.25) is 0 Å². The highest BCUT2D eigenvalue weighted by Gasteiger charge is 1.74. The number of rotatable bonds is 2. The lowest BCUT2D eigenvalue weighted by Gasteiger charge is -1.73. The van der Waals surface area contributed by atoms with E-state index in [4.69, 9.17) is 0 Å². The van der Waals surface area contributed by atoms with Crippen LogP contribution in [0.25, 0.3) is 0 Å². The molecule has 0 spiro atoms. The van der Waals surface area contributed by atoms with Gasteiger partial charge in [0.1, 0.15) is 0 Å². The Balaban J connectivity index is 2.19. The highest BCUT2D eigenvalue weighted by molar-refractivity contribution is 4.22. The zero-order valence-electron chi connectivity index (χ0n) is 2.91. The van der Waals surface area contributed by atoms with Crippen molar-refractivity contribution < 1.29 is 9.50 Å². The smallest absolute Gasteiger partial charge is 0.0917 e. The zero-order valence-corrected chi connectivity index (χ0v) is 2.91. The molecular formula is C3H6FO. The standard InChI is InChI=1S/C3H6FO/c4-2-1-3-5/h1-3H2. The van der Waals surface area contributed by atoms with Crippen molar-refractivity contribution in [3.63, 3.8) is 0 Å². The first-order valence-electron chi connectivity index (χ1n) is 1.56. The van der Waals surface area contributed by atoms with Gasteiger partial charge in [0.05, 0.1) is 13.3 Å². The van der Waals surface area contributed by atoms with Crippen molar-refractivity contribution in [2.45, 2.75) is 6.42 Å². The van der Waals surface area contributed by atoms with Crippen LogP contribution in [0.15, 0.2) is 0 Å². The fourth-order valence-corrected chi connectivity index (χ4v) is 0.0546. The summed E-state index contributed by atoms with van der Waals surface area (Å²) >= 11 is 0. The third-order valence-electron chi connectivity index (χ3n) is 0.278. The van der Waals surface area contributed by atoms with E-state index < -0.39 is 6.67 Å². The molecule has 0 atom stereocenters. The van der Waals surface area contributed by atoms with E-state index in [1.807, 2.05) is 0 Å². The molecule has 0 aromatic carbocycles. The van der Waals surface area contributed by atoms with Crippen LogP contribution in [-0.2, 0) is 5.11 Å². The first kappa shape index (κ1) is 4.89. The van der Waals surface area contributed by atoms with Gasteiger partial charge in [-0.05, 0) is 0 Å². The van der Waals surface area contributed by atoms with E-state index in [0.717, 1.165) is 0 Å². The van der Waals surface area contributed by atoms with Crippen LogP contribution in [0.3, 0.4) is 0 Å². The summed E-state index contributed by atoms with van der Waals surface area (Å²) < 4.78 is 10.8. The molecule has 0 saturated carbocycles. The monoisotopic (exact) mass is 77.0 g/mol. The van der Waals surface area contributed by atoms with Crippen LogP contribution in [0.1, 0.15) is 6.42 Å². The summed E-state index contributed by atoms with van der Waals surface area (Å²) in [5.74, 6) is 0. The maximum absolute atomic E-state index is 10.8. The van der Waals surface area contributed by atoms with Gasteiger partial charge < -0.3 is 0 Å². The van der Waals surface area contributed by atoms with E-state index in [1.54, 1.807) is 0 Å². The third kappa shape index (κ3) is 3.89. The van der Waals surface area contributed by atoms with Crippen LogP contribution < -0.4 is 0 Å². The summed E-state index contributed by atoms with van der Waals surface area (Å²) in [7, 11) is 0. The van der Waals surface area contributed by atoms with Gasteiger partial charge in [-0.3, -0.25) is 4.39 Å². The number of alkyl halides is 1. The summed E-state index contributed by atoms with van der Waals surface area (Å²) in [5, 5.41) is 9.29. The average Bonchev–Trinajstić information content (AvgIpc) is 1.41. The number of hydrogen-bond donors (Lipinski definition) is 0. The highest BCUT2D eigenvalue weighted by Crippen LogP contribution is 1.73. The Hall–Kier alpha value is -0.110. The van der Waals surface area contributed by atoms with Crippen LogP contribution >= 0.6 is 0 Å². The third-order valence-corrected chi connectivity index (χ3v) is 0.278. The zero-order chi connectivity index (χ0) is 4.12. The van der Waals surface area contributed by atoms with Gasteiger partial charge in [0, 0.05) is 6.42 Å². The average molecular weight is 77.1 g/mol. The molecule has 0 aliphatic rings. The van der Waals surface area contributed by atoms with Crippen molar-refractivity contribution in [2.24, 2.45) is 0 Å². The maximum atomic E-state index is 10.8. The van der Waals surface area contributed by atoms with Crippen LogP contribution in [-0.4, -0.2) is 13.3 Å². The molecule has 0 bridgehead atoms. The van der Waals surface area contributed by atoms with Gasteiger partial charge in [0.15, 0.2) is 0 Å². The van der Waals surface area contributed by atoms with E-state index in [2.05, 4.69) is 0 Å². The molecule has 0 aliphatic heterocycles. The molecule has 0 rings (SSSR count). The van der Waals surface area contributed by atoms with Crippen molar-refractivity contribution in [3.8, 4) is 0 Å². The second-order valence-electron chi connectivity index (χ2n) is 0.747.